The largest absolute Gasteiger partial charge is 0.351 e. The van der Waals surface area contributed by atoms with Crippen LogP contribution in [0.25, 0.3) is 11.4 Å². The van der Waals surface area contributed by atoms with Crippen molar-refractivity contribution >= 4 is 5.91 Å². The van der Waals surface area contributed by atoms with Crippen LogP contribution in [0.2, 0.25) is 0 Å². The van der Waals surface area contributed by atoms with Crippen LogP contribution in [-0.4, -0.2) is 40.6 Å². The van der Waals surface area contributed by atoms with Crippen LogP contribution in [0.15, 0.2) is 59.1 Å². The van der Waals surface area contributed by atoms with Crippen molar-refractivity contribution in [3.63, 3.8) is 0 Å². The summed E-state index contributed by atoms with van der Waals surface area (Å²) in [4.78, 5) is 18.8. The number of nitrogens with zero attached hydrogens (tertiary/aromatic N) is 3. The van der Waals surface area contributed by atoms with Crippen molar-refractivity contribution in [3.8, 4) is 11.4 Å². The van der Waals surface area contributed by atoms with Crippen LogP contribution in [0.3, 0.4) is 0 Å². The Morgan fingerprint density at radius 1 is 1.10 bits per heavy atom. The number of hydrogen-bond donors (Lipinski definition) is 1. The minimum absolute atomic E-state index is 0.0312. The summed E-state index contributed by atoms with van der Waals surface area (Å²) in [7, 11) is 0. The lowest BCUT2D eigenvalue weighted by atomic mass is 9.97. The summed E-state index contributed by atoms with van der Waals surface area (Å²) >= 11 is 0. The third-order valence-electron chi connectivity index (χ3n) is 5.18. The van der Waals surface area contributed by atoms with Gasteiger partial charge in [-0.1, -0.05) is 35.5 Å². The van der Waals surface area contributed by atoms with E-state index in [4.69, 9.17) is 4.52 Å². The Balaban J connectivity index is 1.25. The molecule has 0 bridgehead atoms. The molecule has 7 heteroatoms. The predicted octanol–water partition coefficient (Wildman–Crippen LogP) is 3.37. The van der Waals surface area contributed by atoms with Crippen molar-refractivity contribution in [2.75, 3.05) is 19.6 Å². The summed E-state index contributed by atoms with van der Waals surface area (Å²) < 4.78 is 18.5. The SMILES string of the molecule is O=C(CN1CCC(c2nc(-c3ccc(F)cc3)no2)CC1)NCc1ccccc1. The molecule has 0 spiro atoms. The lowest BCUT2D eigenvalue weighted by molar-refractivity contribution is -0.122. The molecule has 1 fully saturated rings. The number of likely N-dealkylation sites (tertiary alicyclic amines) is 1. The lowest BCUT2D eigenvalue weighted by Crippen LogP contribution is -2.41. The molecule has 1 amide bonds. The molecule has 2 aromatic carbocycles. The third kappa shape index (κ3) is 5.06. The Morgan fingerprint density at radius 3 is 2.55 bits per heavy atom. The van der Waals surface area contributed by atoms with Gasteiger partial charge in [-0.3, -0.25) is 9.69 Å². The van der Waals surface area contributed by atoms with Crippen molar-refractivity contribution < 1.29 is 13.7 Å². The zero-order valence-electron chi connectivity index (χ0n) is 16.1. The summed E-state index contributed by atoms with van der Waals surface area (Å²) in [5, 5.41) is 6.99. The maximum absolute atomic E-state index is 13.1. The number of aromatic nitrogens is 2. The fourth-order valence-electron chi connectivity index (χ4n) is 3.51. The Kier molecular flexibility index (Phi) is 5.95. The molecule has 1 N–H and O–H groups in total. The molecular weight excluding hydrogens is 371 g/mol. The number of rotatable bonds is 6. The van der Waals surface area contributed by atoms with E-state index in [1.165, 1.54) is 12.1 Å². The molecule has 1 aromatic heterocycles. The van der Waals surface area contributed by atoms with Crippen LogP contribution in [0.4, 0.5) is 4.39 Å². The van der Waals surface area contributed by atoms with E-state index in [0.717, 1.165) is 37.1 Å². The van der Waals surface area contributed by atoms with Crippen LogP contribution in [0, 0.1) is 5.82 Å². The van der Waals surface area contributed by atoms with Gasteiger partial charge in [-0.2, -0.15) is 4.98 Å². The van der Waals surface area contributed by atoms with Gasteiger partial charge in [0.25, 0.3) is 0 Å². The van der Waals surface area contributed by atoms with Gasteiger partial charge in [0.15, 0.2) is 0 Å². The van der Waals surface area contributed by atoms with Gasteiger partial charge in [0, 0.05) is 18.0 Å². The molecule has 1 aliphatic rings. The average Bonchev–Trinajstić information content (AvgIpc) is 3.24. The van der Waals surface area contributed by atoms with Crippen molar-refractivity contribution in [1.29, 1.82) is 0 Å². The molecule has 0 unspecified atom stereocenters. The minimum atomic E-state index is -0.294. The Morgan fingerprint density at radius 2 is 1.83 bits per heavy atom. The van der Waals surface area contributed by atoms with E-state index in [1.54, 1.807) is 12.1 Å². The molecule has 4 rings (SSSR count). The highest BCUT2D eigenvalue weighted by atomic mass is 19.1. The molecule has 0 saturated carbocycles. The first kappa shape index (κ1) is 19.3. The predicted molar refractivity (Wildman–Crippen MR) is 106 cm³/mol. The maximum atomic E-state index is 13.1. The van der Waals surface area contributed by atoms with Gasteiger partial charge in [0.05, 0.1) is 6.54 Å². The van der Waals surface area contributed by atoms with E-state index in [2.05, 4.69) is 20.4 Å². The van der Waals surface area contributed by atoms with Gasteiger partial charge in [-0.15, -0.1) is 0 Å². The number of carbonyl (C=O) groups is 1. The van der Waals surface area contributed by atoms with Gasteiger partial charge in [0.2, 0.25) is 17.6 Å². The summed E-state index contributed by atoms with van der Waals surface area (Å²) in [6, 6.07) is 15.9. The van der Waals surface area contributed by atoms with Gasteiger partial charge in [0.1, 0.15) is 5.82 Å². The van der Waals surface area contributed by atoms with Crippen molar-refractivity contribution in [3.05, 3.63) is 71.9 Å². The number of benzene rings is 2. The highest BCUT2D eigenvalue weighted by Crippen LogP contribution is 2.28. The second kappa shape index (κ2) is 8.96. The number of carbonyl (C=O) groups excluding carboxylic acids is 1. The first-order valence-corrected chi connectivity index (χ1v) is 9.80. The van der Waals surface area contributed by atoms with E-state index >= 15 is 0 Å². The Bertz CT molecular complexity index is 935. The standard InChI is InChI=1S/C22H23FN4O2/c23-19-8-6-17(7-9-19)21-25-22(29-26-21)18-10-12-27(13-11-18)15-20(28)24-14-16-4-2-1-3-5-16/h1-9,18H,10-15H2,(H,24,28). The van der Waals surface area contributed by atoms with Crippen LogP contribution in [0.5, 0.6) is 0 Å². The number of halogens is 1. The lowest BCUT2D eigenvalue weighted by Gasteiger charge is -2.29. The van der Waals surface area contributed by atoms with Gasteiger partial charge >= 0.3 is 0 Å². The molecule has 150 valence electrons. The third-order valence-corrected chi connectivity index (χ3v) is 5.18. The molecule has 1 saturated heterocycles. The highest BCUT2D eigenvalue weighted by Gasteiger charge is 2.26. The van der Waals surface area contributed by atoms with Gasteiger partial charge < -0.3 is 9.84 Å². The van der Waals surface area contributed by atoms with Crippen molar-refractivity contribution in [2.24, 2.45) is 0 Å². The van der Waals surface area contributed by atoms with Crippen LogP contribution in [-0.2, 0) is 11.3 Å². The van der Waals surface area contributed by atoms with Crippen molar-refractivity contribution in [1.82, 2.24) is 20.4 Å². The quantitative estimate of drug-likeness (QED) is 0.694. The highest BCUT2D eigenvalue weighted by molar-refractivity contribution is 5.78. The molecular formula is C22H23FN4O2. The summed E-state index contributed by atoms with van der Waals surface area (Å²) in [5.74, 6) is 1.00. The molecule has 1 aliphatic heterocycles. The molecule has 3 aromatic rings. The van der Waals surface area contributed by atoms with Crippen LogP contribution in [0.1, 0.15) is 30.2 Å². The average molecular weight is 394 g/mol. The first-order chi connectivity index (χ1) is 14.2. The molecule has 2 heterocycles. The van der Waals surface area contributed by atoms with E-state index in [9.17, 15) is 9.18 Å². The maximum Gasteiger partial charge on any atom is 0.234 e. The minimum Gasteiger partial charge on any atom is -0.351 e. The van der Waals surface area contributed by atoms with E-state index in [0.29, 0.717) is 24.8 Å². The first-order valence-electron chi connectivity index (χ1n) is 9.80. The molecule has 0 atom stereocenters. The summed E-state index contributed by atoms with van der Waals surface area (Å²) in [6.07, 6.45) is 1.72. The zero-order valence-corrected chi connectivity index (χ0v) is 16.1. The Labute approximate surface area is 168 Å². The Hall–Kier alpha value is -3.06. The molecule has 29 heavy (non-hydrogen) atoms. The fourth-order valence-corrected chi connectivity index (χ4v) is 3.51. The summed E-state index contributed by atoms with van der Waals surface area (Å²) in [6.45, 7) is 2.55. The normalized spacial score (nSPS) is 15.3. The number of hydrogen-bond acceptors (Lipinski definition) is 5. The van der Waals surface area contributed by atoms with Gasteiger partial charge in [-0.05, 0) is 55.8 Å². The molecule has 6 nitrogen and oxygen atoms in total. The van der Waals surface area contributed by atoms with Crippen LogP contribution < -0.4 is 5.32 Å². The zero-order chi connectivity index (χ0) is 20.1. The number of nitrogens with one attached hydrogen (secondary N) is 1. The second-order valence-electron chi connectivity index (χ2n) is 7.28. The monoisotopic (exact) mass is 394 g/mol. The topological polar surface area (TPSA) is 71.3 Å². The molecule has 0 aliphatic carbocycles. The van der Waals surface area contributed by atoms with Gasteiger partial charge in [-0.25, -0.2) is 4.39 Å². The van der Waals surface area contributed by atoms with E-state index in [1.807, 2.05) is 30.3 Å². The van der Waals surface area contributed by atoms with Crippen molar-refractivity contribution in [2.45, 2.75) is 25.3 Å². The number of amides is 1. The van der Waals surface area contributed by atoms with Crippen LogP contribution >= 0.6 is 0 Å². The van der Waals surface area contributed by atoms with E-state index in [-0.39, 0.29) is 17.6 Å². The second-order valence-corrected chi connectivity index (χ2v) is 7.28. The van der Waals surface area contributed by atoms with E-state index < -0.39 is 0 Å². The smallest absolute Gasteiger partial charge is 0.234 e. The number of piperidine rings is 1. The molecule has 0 radical (unpaired) electrons. The fraction of sp³-hybridized carbons (Fsp3) is 0.318. The summed E-state index contributed by atoms with van der Waals surface area (Å²) in [5.41, 5.74) is 1.82.